The number of hydrogen-bond donors (Lipinski definition) is 1. The highest BCUT2D eigenvalue weighted by molar-refractivity contribution is 6.36. The van der Waals surface area contributed by atoms with Gasteiger partial charge in [0.1, 0.15) is 6.07 Å². The third-order valence-corrected chi connectivity index (χ3v) is 3.56. The largest absolute Gasteiger partial charge is 0.380 e. The Kier molecular flexibility index (Phi) is 4.55. The van der Waals surface area contributed by atoms with E-state index in [0.717, 1.165) is 5.56 Å². The fraction of sp³-hybridized carbons (Fsp3) is 0.0714. The molecule has 0 aliphatic heterocycles. The predicted molar refractivity (Wildman–Crippen MR) is 80.0 cm³/mol. The Bertz CT molecular complexity index is 627. The number of nitrogens with one attached hydrogen (secondary N) is 1. The highest BCUT2D eigenvalue weighted by Gasteiger charge is 2.07. The number of rotatable bonds is 3. The van der Waals surface area contributed by atoms with E-state index in [1.165, 1.54) is 0 Å². The van der Waals surface area contributed by atoms with Crippen LogP contribution in [0, 0.1) is 11.3 Å². The van der Waals surface area contributed by atoms with Gasteiger partial charge in [-0.1, -0.05) is 40.9 Å². The van der Waals surface area contributed by atoms with E-state index in [9.17, 15) is 0 Å². The summed E-state index contributed by atoms with van der Waals surface area (Å²) in [6.45, 7) is 0.424. The van der Waals surface area contributed by atoms with Gasteiger partial charge in [-0.2, -0.15) is 5.26 Å². The minimum atomic E-state index is 0.424. The topological polar surface area (TPSA) is 35.8 Å². The molecule has 5 heteroatoms. The summed E-state index contributed by atoms with van der Waals surface area (Å²) in [5, 5.41) is 13.9. The van der Waals surface area contributed by atoms with Gasteiger partial charge in [-0.15, -0.1) is 0 Å². The van der Waals surface area contributed by atoms with Crippen LogP contribution < -0.4 is 5.32 Å². The first-order valence-electron chi connectivity index (χ1n) is 5.48. The molecule has 0 amide bonds. The molecule has 2 nitrogen and oxygen atoms in total. The average Bonchev–Trinajstić information content (AvgIpc) is 2.38. The molecular weight excluding hydrogens is 303 g/mol. The zero-order valence-corrected chi connectivity index (χ0v) is 12.0. The van der Waals surface area contributed by atoms with Gasteiger partial charge in [0, 0.05) is 27.2 Å². The summed E-state index contributed by atoms with van der Waals surface area (Å²) in [6.07, 6.45) is 0. The van der Waals surface area contributed by atoms with Crippen molar-refractivity contribution in [2.24, 2.45) is 0 Å². The van der Waals surface area contributed by atoms with E-state index in [0.29, 0.717) is 32.9 Å². The third kappa shape index (κ3) is 3.33. The summed E-state index contributed by atoms with van der Waals surface area (Å²) < 4.78 is 0. The maximum Gasteiger partial charge on any atom is 0.101 e. The predicted octanol–water partition coefficient (Wildman–Crippen LogP) is 5.13. The van der Waals surface area contributed by atoms with Crippen molar-refractivity contribution < 1.29 is 0 Å². The molecule has 2 aromatic carbocycles. The third-order valence-electron chi connectivity index (χ3n) is 2.62. The van der Waals surface area contributed by atoms with Crippen LogP contribution in [-0.2, 0) is 6.54 Å². The molecule has 1 N–H and O–H groups in total. The van der Waals surface area contributed by atoms with Gasteiger partial charge in [-0.05, 0) is 30.3 Å². The molecule has 0 saturated heterocycles. The molecule has 0 aliphatic carbocycles. The van der Waals surface area contributed by atoms with E-state index in [2.05, 4.69) is 11.4 Å². The van der Waals surface area contributed by atoms with Crippen LogP contribution in [0.3, 0.4) is 0 Å². The highest BCUT2D eigenvalue weighted by atomic mass is 35.5. The van der Waals surface area contributed by atoms with E-state index in [1.54, 1.807) is 36.4 Å². The van der Waals surface area contributed by atoms with E-state index in [-0.39, 0.29) is 0 Å². The van der Waals surface area contributed by atoms with E-state index in [1.807, 2.05) is 0 Å². The lowest BCUT2D eigenvalue weighted by molar-refractivity contribution is 1.15. The number of anilines is 1. The van der Waals surface area contributed by atoms with Crippen molar-refractivity contribution in [3.05, 3.63) is 62.6 Å². The van der Waals surface area contributed by atoms with E-state index >= 15 is 0 Å². The second-order valence-electron chi connectivity index (χ2n) is 3.86. The summed E-state index contributed by atoms with van der Waals surface area (Å²) in [5.74, 6) is 0. The number of nitriles is 1. The van der Waals surface area contributed by atoms with Crippen molar-refractivity contribution in [2.45, 2.75) is 6.54 Å². The van der Waals surface area contributed by atoms with Crippen LogP contribution in [-0.4, -0.2) is 0 Å². The van der Waals surface area contributed by atoms with Crippen molar-refractivity contribution in [1.29, 1.82) is 5.26 Å². The highest BCUT2D eigenvalue weighted by Crippen LogP contribution is 2.26. The smallest absolute Gasteiger partial charge is 0.101 e. The Hall–Kier alpha value is -1.40. The van der Waals surface area contributed by atoms with Gasteiger partial charge in [0.15, 0.2) is 0 Å². The van der Waals surface area contributed by atoms with Crippen molar-refractivity contribution in [3.63, 3.8) is 0 Å². The van der Waals surface area contributed by atoms with Crippen LogP contribution in [0.5, 0.6) is 0 Å². The van der Waals surface area contributed by atoms with Gasteiger partial charge in [-0.3, -0.25) is 0 Å². The SMILES string of the molecule is N#Cc1ccc(Cl)cc1NCc1c(Cl)cccc1Cl. The van der Waals surface area contributed by atoms with E-state index < -0.39 is 0 Å². The lowest BCUT2D eigenvalue weighted by atomic mass is 10.1. The first-order chi connectivity index (χ1) is 9.11. The minimum absolute atomic E-state index is 0.424. The summed E-state index contributed by atoms with van der Waals surface area (Å²) in [7, 11) is 0. The minimum Gasteiger partial charge on any atom is -0.380 e. The Balaban J connectivity index is 2.24. The first kappa shape index (κ1) is 14.0. The van der Waals surface area contributed by atoms with Crippen molar-refractivity contribution in [1.82, 2.24) is 0 Å². The molecule has 0 aromatic heterocycles. The molecule has 0 bridgehead atoms. The standard InChI is InChI=1S/C14H9Cl3N2/c15-10-5-4-9(7-18)14(6-10)19-8-11-12(16)2-1-3-13(11)17/h1-6,19H,8H2. The molecule has 0 heterocycles. The Morgan fingerprint density at radius 3 is 2.37 bits per heavy atom. The molecule has 19 heavy (non-hydrogen) atoms. The molecular formula is C14H9Cl3N2. The van der Waals surface area contributed by atoms with Crippen LogP contribution in [0.2, 0.25) is 15.1 Å². The van der Waals surface area contributed by atoms with Crippen molar-refractivity contribution in [2.75, 3.05) is 5.32 Å². The summed E-state index contributed by atoms with van der Waals surface area (Å²) in [6, 6.07) is 12.5. The van der Waals surface area contributed by atoms with Crippen LogP contribution in [0.4, 0.5) is 5.69 Å². The number of nitrogens with zero attached hydrogens (tertiary/aromatic N) is 1. The zero-order chi connectivity index (χ0) is 13.8. The molecule has 0 unspecified atom stereocenters. The first-order valence-corrected chi connectivity index (χ1v) is 6.61. The summed E-state index contributed by atoms with van der Waals surface area (Å²) >= 11 is 18.1. The van der Waals surface area contributed by atoms with Crippen LogP contribution in [0.15, 0.2) is 36.4 Å². The lowest BCUT2D eigenvalue weighted by Crippen LogP contribution is -2.02. The normalized spacial score (nSPS) is 10.0. The van der Waals surface area contributed by atoms with Gasteiger partial charge in [0.05, 0.1) is 11.3 Å². The molecule has 0 fully saturated rings. The van der Waals surface area contributed by atoms with Gasteiger partial charge in [0.25, 0.3) is 0 Å². The quantitative estimate of drug-likeness (QED) is 0.853. The van der Waals surface area contributed by atoms with Gasteiger partial charge < -0.3 is 5.32 Å². The van der Waals surface area contributed by atoms with E-state index in [4.69, 9.17) is 40.1 Å². The van der Waals surface area contributed by atoms with Crippen LogP contribution in [0.25, 0.3) is 0 Å². The Labute approximate surface area is 126 Å². The fourth-order valence-corrected chi connectivity index (χ4v) is 2.35. The monoisotopic (exact) mass is 310 g/mol. The van der Waals surface area contributed by atoms with Crippen LogP contribution >= 0.6 is 34.8 Å². The summed E-state index contributed by atoms with van der Waals surface area (Å²) in [5.41, 5.74) is 1.97. The molecule has 0 radical (unpaired) electrons. The van der Waals surface area contributed by atoms with Crippen LogP contribution in [0.1, 0.15) is 11.1 Å². The molecule has 0 saturated carbocycles. The molecule has 0 aliphatic rings. The number of halogens is 3. The fourth-order valence-electron chi connectivity index (χ4n) is 1.65. The second kappa shape index (κ2) is 6.16. The van der Waals surface area contributed by atoms with Crippen molar-refractivity contribution in [3.8, 4) is 6.07 Å². The number of benzene rings is 2. The molecule has 0 spiro atoms. The number of hydrogen-bond acceptors (Lipinski definition) is 2. The average molecular weight is 312 g/mol. The molecule has 96 valence electrons. The zero-order valence-electron chi connectivity index (χ0n) is 9.75. The lowest BCUT2D eigenvalue weighted by Gasteiger charge is -2.11. The van der Waals surface area contributed by atoms with Gasteiger partial charge >= 0.3 is 0 Å². The van der Waals surface area contributed by atoms with Gasteiger partial charge in [-0.25, -0.2) is 0 Å². The van der Waals surface area contributed by atoms with Gasteiger partial charge in [0.2, 0.25) is 0 Å². The summed E-state index contributed by atoms with van der Waals surface area (Å²) in [4.78, 5) is 0. The Morgan fingerprint density at radius 2 is 1.74 bits per heavy atom. The van der Waals surface area contributed by atoms with Crippen molar-refractivity contribution >= 4 is 40.5 Å². The maximum atomic E-state index is 9.03. The molecule has 0 atom stereocenters. The molecule has 2 aromatic rings. The maximum absolute atomic E-state index is 9.03. The Morgan fingerprint density at radius 1 is 1.05 bits per heavy atom. The molecule has 2 rings (SSSR count). The second-order valence-corrected chi connectivity index (χ2v) is 5.11.